The van der Waals surface area contributed by atoms with Crippen LogP contribution in [0.4, 0.5) is 0 Å². The number of nitrogens with one attached hydrogen (secondary N) is 1. The minimum atomic E-state index is -3.64. The van der Waals surface area contributed by atoms with Crippen LogP contribution in [0.1, 0.15) is 46.0 Å². The van der Waals surface area contributed by atoms with Crippen molar-refractivity contribution in [2.75, 3.05) is 13.1 Å². The zero-order valence-corrected chi connectivity index (χ0v) is 16.7. The van der Waals surface area contributed by atoms with E-state index in [1.165, 1.54) is 4.31 Å². The molecule has 1 aromatic rings. The minimum Gasteiger partial charge on any atom is -0.481 e. The summed E-state index contributed by atoms with van der Waals surface area (Å²) < 4.78 is 27.0. The second kappa shape index (κ2) is 8.84. The number of carboxylic acid groups (broad SMARTS) is 1. The summed E-state index contributed by atoms with van der Waals surface area (Å²) in [4.78, 5) is 24.2. The van der Waals surface area contributed by atoms with E-state index in [9.17, 15) is 23.1 Å². The van der Waals surface area contributed by atoms with E-state index < -0.39 is 27.4 Å². The highest BCUT2D eigenvalue weighted by atomic mass is 32.2. The van der Waals surface area contributed by atoms with Gasteiger partial charge in [-0.25, -0.2) is 8.42 Å². The van der Waals surface area contributed by atoms with Gasteiger partial charge in [0.05, 0.1) is 17.2 Å². The molecular weight excluding hydrogens is 368 g/mol. The Morgan fingerprint density at radius 3 is 2.41 bits per heavy atom. The van der Waals surface area contributed by atoms with E-state index in [4.69, 9.17) is 0 Å². The molecule has 1 heterocycles. The van der Waals surface area contributed by atoms with Crippen LogP contribution in [0.3, 0.4) is 0 Å². The first-order chi connectivity index (χ1) is 12.7. The van der Waals surface area contributed by atoms with Gasteiger partial charge in [-0.05, 0) is 37.8 Å². The Kier molecular flexibility index (Phi) is 7.00. The molecule has 1 atom stereocenters. The van der Waals surface area contributed by atoms with Gasteiger partial charge in [-0.1, -0.05) is 32.0 Å². The van der Waals surface area contributed by atoms with Crippen molar-refractivity contribution in [1.29, 1.82) is 0 Å². The lowest BCUT2D eigenvalue weighted by Gasteiger charge is -2.36. The molecule has 1 aliphatic rings. The maximum Gasteiger partial charge on any atom is 0.305 e. The van der Waals surface area contributed by atoms with Crippen LogP contribution in [0.25, 0.3) is 0 Å². The average Bonchev–Trinajstić information content (AvgIpc) is 2.67. The van der Waals surface area contributed by atoms with Crippen molar-refractivity contribution in [2.45, 2.75) is 56.4 Å². The van der Waals surface area contributed by atoms with E-state index >= 15 is 0 Å². The lowest BCUT2D eigenvalue weighted by Crippen LogP contribution is -2.53. The SMILES string of the molecule is CCC(CC)(CC(=O)O)NC(=O)C1CCCN(S(=O)(=O)c2ccccc2)C1. The normalized spacial score (nSPS) is 18.8. The number of carboxylic acids is 1. The van der Waals surface area contributed by atoms with Gasteiger partial charge < -0.3 is 10.4 Å². The van der Waals surface area contributed by atoms with E-state index in [1.54, 1.807) is 30.3 Å². The maximum atomic E-state index is 12.8. The van der Waals surface area contributed by atoms with Crippen molar-refractivity contribution in [2.24, 2.45) is 5.92 Å². The van der Waals surface area contributed by atoms with Crippen molar-refractivity contribution in [3.05, 3.63) is 30.3 Å². The van der Waals surface area contributed by atoms with Crippen LogP contribution < -0.4 is 5.32 Å². The lowest BCUT2D eigenvalue weighted by molar-refractivity contribution is -0.139. The molecule has 8 heteroatoms. The second-order valence-electron chi connectivity index (χ2n) is 7.06. The number of rotatable bonds is 8. The molecule has 150 valence electrons. The molecule has 0 saturated carbocycles. The topological polar surface area (TPSA) is 104 Å². The van der Waals surface area contributed by atoms with Crippen LogP contribution in [0.15, 0.2) is 35.2 Å². The predicted molar refractivity (Wildman–Crippen MR) is 102 cm³/mol. The van der Waals surface area contributed by atoms with Crippen LogP contribution in [-0.2, 0) is 19.6 Å². The highest BCUT2D eigenvalue weighted by Crippen LogP contribution is 2.26. The summed E-state index contributed by atoms with van der Waals surface area (Å²) in [5, 5.41) is 12.1. The summed E-state index contributed by atoms with van der Waals surface area (Å²) in [5.41, 5.74) is -0.802. The Hall–Kier alpha value is -1.93. The highest BCUT2D eigenvalue weighted by Gasteiger charge is 2.37. The molecule has 1 unspecified atom stereocenters. The lowest BCUT2D eigenvalue weighted by atomic mass is 9.87. The van der Waals surface area contributed by atoms with Crippen LogP contribution in [-0.4, -0.2) is 48.3 Å². The fourth-order valence-electron chi connectivity index (χ4n) is 3.49. The Labute approximate surface area is 160 Å². The number of amides is 1. The van der Waals surface area contributed by atoms with Crippen molar-refractivity contribution in [3.63, 3.8) is 0 Å². The van der Waals surface area contributed by atoms with Gasteiger partial charge in [-0.2, -0.15) is 4.31 Å². The molecule has 0 aromatic heterocycles. The molecule has 0 bridgehead atoms. The molecular formula is C19H28N2O5S. The zero-order valence-electron chi connectivity index (χ0n) is 15.8. The van der Waals surface area contributed by atoms with Crippen molar-refractivity contribution in [1.82, 2.24) is 9.62 Å². The van der Waals surface area contributed by atoms with Crippen LogP contribution in [0, 0.1) is 5.92 Å². The Morgan fingerprint density at radius 1 is 1.22 bits per heavy atom. The van der Waals surface area contributed by atoms with Crippen LogP contribution in [0.2, 0.25) is 0 Å². The minimum absolute atomic E-state index is 0.111. The van der Waals surface area contributed by atoms with E-state index in [0.29, 0.717) is 32.2 Å². The first-order valence-electron chi connectivity index (χ1n) is 9.33. The predicted octanol–water partition coefficient (Wildman–Crippen LogP) is 2.24. The Balaban J connectivity index is 2.13. The summed E-state index contributed by atoms with van der Waals surface area (Å²) in [6, 6.07) is 8.19. The standard InChI is InChI=1S/C19H28N2O5S/c1-3-19(4-2,13-17(22)23)20-18(24)15-9-8-12-21(14-15)27(25,26)16-10-6-5-7-11-16/h5-7,10-11,15H,3-4,8-9,12-14H2,1-2H3,(H,20,24)(H,22,23). The van der Waals surface area contributed by atoms with Gasteiger partial charge in [0.1, 0.15) is 0 Å². The second-order valence-corrected chi connectivity index (χ2v) is 9.00. The fourth-order valence-corrected chi connectivity index (χ4v) is 5.03. The number of nitrogens with zero attached hydrogens (tertiary/aromatic N) is 1. The van der Waals surface area contributed by atoms with Gasteiger partial charge in [-0.15, -0.1) is 0 Å². The van der Waals surface area contributed by atoms with Gasteiger partial charge in [0.25, 0.3) is 0 Å². The third kappa shape index (κ3) is 5.07. The smallest absolute Gasteiger partial charge is 0.305 e. The van der Waals surface area contributed by atoms with Gasteiger partial charge in [-0.3, -0.25) is 9.59 Å². The number of carbonyl (C=O) groups is 2. The molecule has 27 heavy (non-hydrogen) atoms. The zero-order chi connectivity index (χ0) is 20.1. The number of hydrogen-bond acceptors (Lipinski definition) is 4. The van der Waals surface area contributed by atoms with Gasteiger partial charge in [0, 0.05) is 18.6 Å². The van der Waals surface area contributed by atoms with Crippen LogP contribution >= 0.6 is 0 Å². The summed E-state index contributed by atoms with van der Waals surface area (Å²) in [5.74, 6) is -1.72. The molecule has 0 aliphatic carbocycles. The van der Waals surface area contributed by atoms with E-state index in [1.807, 2.05) is 13.8 Å². The third-order valence-corrected chi connectivity index (χ3v) is 7.25. The van der Waals surface area contributed by atoms with E-state index in [2.05, 4.69) is 5.32 Å². The monoisotopic (exact) mass is 396 g/mol. The molecule has 1 amide bonds. The average molecular weight is 397 g/mol. The molecule has 1 aliphatic heterocycles. The van der Waals surface area contributed by atoms with Gasteiger partial charge >= 0.3 is 5.97 Å². The van der Waals surface area contributed by atoms with Crippen LogP contribution in [0.5, 0.6) is 0 Å². The number of benzene rings is 1. The van der Waals surface area contributed by atoms with E-state index in [-0.39, 0.29) is 23.8 Å². The van der Waals surface area contributed by atoms with Gasteiger partial charge in [0.15, 0.2) is 0 Å². The highest BCUT2D eigenvalue weighted by molar-refractivity contribution is 7.89. The Bertz CT molecular complexity index is 760. The fraction of sp³-hybridized carbons (Fsp3) is 0.579. The summed E-state index contributed by atoms with van der Waals surface area (Å²) in [6.45, 7) is 4.18. The summed E-state index contributed by atoms with van der Waals surface area (Å²) >= 11 is 0. The largest absolute Gasteiger partial charge is 0.481 e. The summed E-state index contributed by atoms with van der Waals surface area (Å²) in [7, 11) is -3.64. The molecule has 1 saturated heterocycles. The number of piperidine rings is 1. The molecule has 2 rings (SSSR count). The third-order valence-electron chi connectivity index (χ3n) is 5.37. The number of hydrogen-bond donors (Lipinski definition) is 2. The number of sulfonamides is 1. The van der Waals surface area contributed by atoms with Crippen molar-refractivity contribution >= 4 is 21.9 Å². The number of aliphatic carboxylic acids is 1. The summed E-state index contributed by atoms with van der Waals surface area (Å²) in [6.07, 6.45) is 2.03. The molecule has 1 aromatic carbocycles. The first-order valence-corrected chi connectivity index (χ1v) is 10.8. The maximum absolute atomic E-state index is 12.8. The Morgan fingerprint density at radius 2 is 1.85 bits per heavy atom. The molecule has 7 nitrogen and oxygen atoms in total. The molecule has 0 spiro atoms. The van der Waals surface area contributed by atoms with E-state index in [0.717, 1.165) is 0 Å². The molecule has 0 radical (unpaired) electrons. The van der Waals surface area contributed by atoms with Crippen molar-refractivity contribution < 1.29 is 23.1 Å². The molecule has 1 fully saturated rings. The van der Waals surface area contributed by atoms with Crippen molar-refractivity contribution in [3.8, 4) is 0 Å². The number of carbonyl (C=O) groups excluding carboxylic acids is 1. The van der Waals surface area contributed by atoms with Gasteiger partial charge in [0.2, 0.25) is 15.9 Å². The first kappa shape index (κ1) is 21.4. The quantitative estimate of drug-likeness (QED) is 0.701. The molecule has 2 N–H and O–H groups in total.